The van der Waals surface area contributed by atoms with Gasteiger partial charge in [0.05, 0.1) is 15.2 Å². The number of thiazole rings is 1. The van der Waals surface area contributed by atoms with Crippen LogP contribution in [-0.4, -0.2) is 42.2 Å². The van der Waals surface area contributed by atoms with Gasteiger partial charge in [0.1, 0.15) is 18.5 Å². The van der Waals surface area contributed by atoms with Crippen molar-refractivity contribution in [2.45, 2.75) is 26.9 Å². The summed E-state index contributed by atoms with van der Waals surface area (Å²) >= 11 is 13.3. The molecule has 1 unspecified atom stereocenters. The van der Waals surface area contributed by atoms with Crippen LogP contribution in [0.2, 0.25) is 10.0 Å². The number of amides is 1. The monoisotopic (exact) mass is 517 g/mol. The lowest BCUT2D eigenvalue weighted by atomic mass is 10.1. The molecule has 3 rings (SSSR count). The minimum atomic E-state index is -0.820. The van der Waals surface area contributed by atoms with E-state index in [2.05, 4.69) is 15.2 Å². The Kier molecular flexibility index (Phi) is 8.69. The lowest BCUT2D eigenvalue weighted by molar-refractivity contribution is 0.142. The van der Waals surface area contributed by atoms with Crippen molar-refractivity contribution in [2.75, 3.05) is 31.6 Å². The van der Waals surface area contributed by atoms with Crippen LogP contribution in [0.5, 0.6) is 5.75 Å². The standard InChI is InChI=1S/C22H23Cl2F2N3O3S/c1-4-29(5-2)8-9-31-22(30)28-21-27-16-10-15(26)17(11-18(16)33-21)32-12(3)19-13(23)6-7-14(25)20(19)24/h6-7,10-12H,4-5,8-9H2,1-3H3,(H,27,28,30). The number of fused-ring (bicyclic) bond motifs is 1. The van der Waals surface area contributed by atoms with Gasteiger partial charge in [-0.15, -0.1) is 0 Å². The van der Waals surface area contributed by atoms with Gasteiger partial charge in [-0.2, -0.15) is 0 Å². The molecule has 0 fully saturated rings. The summed E-state index contributed by atoms with van der Waals surface area (Å²) in [6.45, 7) is 8.26. The van der Waals surface area contributed by atoms with Crippen molar-refractivity contribution in [3.05, 3.63) is 51.5 Å². The summed E-state index contributed by atoms with van der Waals surface area (Å²) in [5.74, 6) is -1.40. The number of hydrogen-bond donors (Lipinski definition) is 1. The van der Waals surface area contributed by atoms with Crippen molar-refractivity contribution in [3.63, 3.8) is 0 Å². The van der Waals surface area contributed by atoms with E-state index in [1.165, 1.54) is 18.2 Å². The van der Waals surface area contributed by atoms with Gasteiger partial charge in [-0.05, 0) is 32.1 Å². The number of aromatic nitrogens is 1. The Morgan fingerprint density at radius 1 is 1.21 bits per heavy atom. The molecule has 0 aliphatic rings. The number of halogens is 4. The van der Waals surface area contributed by atoms with Crippen LogP contribution in [0.25, 0.3) is 10.2 Å². The molecule has 3 aromatic rings. The number of ether oxygens (including phenoxy) is 2. The summed E-state index contributed by atoms with van der Waals surface area (Å²) in [6, 6.07) is 5.16. The molecule has 6 nitrogen and oxygen atoms in total. The van der Waals surface area contributed by atoms with E-state index < -0.39 is 23.8 Å². The summed E-state index contributed by atoms with van der Waals surface area (Å²) in [6.07, 6.45) is -1.46. The largest absolute Gasteiger partial charge is 0.483 e. The van der Waals surface area contributed by atoms with Crippen LogP contribution in [0.4, 0.5) is 18.7 Å². The minimum absolute atomic E-state index is 0.0802. The first-order chi connectivity index (χ1) is 15.7. The van der Waals surface area contributed by atoms with Crippen LogP contribution in [0.1, 0.15) is 32.4 Å². The summed E-state index contributed by atoms with van der Waals surface area (Å²) < 4.78 is 39.9. The second kappa shape index (κ2) is 11.3. The molecule has 2 aromatic carbocycles. The van der Waals surface area contributed by atoms with E-state index in [4.69, 9.17) is 32.7 Å². The Morgan fingerprint density at radius 3 is 2.64 bits per heavy atom. The predicted octanol–water partition coefficient (Wildman–Crippen LogP) is 6.91. The van der Waals surface area contributed by atoms with Crippen molar-refractivity contribution in [1.29, 1.82) is 0 Å². The number of anilines is 1. The van der Waals surface area contributed by atoms with Crippen LogP contribution in [0, 0.1) is 11.6 Å². The van der Waals surface area contributed by atoms with Gasteiger partial charge >= 0.3 is 6.09 Å². The van der Waals surface area contributed by atoms with Crippen LogP contribution < -0.4 is 10.1 Å². The molecule has 0 aliphatic heterocycles. The van der Waals surface area contributed by atoms with E-state index in [-0.39, 0.29) is 33.1 Å². The molecule has 11 heteroatoms. The van der Waals surface area contributed by atoms with Crippen LogP contribution in [-0.2, 0) is 4.74 Å². The van der Waals surface area contributed by atoms with Crippen LogP contribution in [0.3, 0.4) is 0 Å². The number of nitrogens with one attached hydrogen (secondary N) is 1. The first-order valence-electron chi connectivity index (χ1n) is 10.3. The summed E-state index contributed by atoms with van der Waals surface area (Å²) in [5.41, 5.74) is 0.565. The van der Waals surface area contributed by atoms with Gasteiger partial charge in [0.2, 0.25) is 0 Å². The second-order valence-electron chi connectivity index (χ2n) is 7.07. The van der Waals surface area contributed by atoms with Gasteiger partial charge in [-0.25, -0.2) is 18.6 Å². The quantitative estimate of drug-likeness (QED) is 0.312. The first kappa shape index (κ1) is 25.4. The van der Waals surface area contributed by atoms with Crippen LogP contribution in [0.15, 0.2) is 24.3 Å². The van der Waals surface area contributed by atoms with Gasteiger partial charge < -0.3 is 14.4 Å². The molecule has 178 valence electrons. The van der Waals surface area contributed by atoms with Crippen molar-refractivity contribution in [2.24, 2.45) is 0 Å². The molecule has 1 aromatic heterocycles. The minimum Gasteiger partial charge on any atom is -0.483 e. The maximum atomic E-state index is 14.6. The highest BCUT2D eigenvalue weighted by atomic mass is 35.5. The maximum Gasteiger partial charge on any atom is 0.413 e. The van der Waals surface area contributed by atoms with Gasteiger partial charge in [0.15, 0.2) is 16.7 Å². The average molecular weight is 518 g/mol. The highest BCUT2D eigenvalue weighted by Crippen LogP contribution is 2.37. The fourth-order valence-corrected chi connectivity index (χ4v) is 4.71. The normalized spacial score (nSPS) is 12.2. The van der Waals surface area contributed by atoms with E-state index >= 15 is 0 Å². The van der Waals surface area contributed by atoms with E-state index in [0.29, 0.717) is 16.8 Å². The van der Waals surface area contributed by atoms with E-state index in [1.807, 2.05) is 13.8 Å². The lowest BCUT2D eigenvalue weighted by Crippen LogP contribution is -2.28. The number of rotatable bonds is 9. The SMILES string of the molecule is CCN(CC)CCOC(=O)Nc1nc2cc(F)c(OC(C)c3c(Cl)ccc(F)c3Cl)cc2s1. The molecule has 33 heavy (non-hydrogen) atoms. The Bertz CT molecular complexity index is 1140. The third kappa shape index (κ3) is 6.23. The fourth-order valence-electron chi connectivity index (χ4n) is 3.17. The Labute approximate surface area is 204 Å². The molecule has 0 aliphatic carbocycles. The fraction of sp³-hybridized carbons (Fsp3) is 0.364. The van der Waals surface area contributed by atoms with E-state index in [9.17, 15) is 13.6 Å². The Balaban J connectivity index is 1.71. The molecule has 1 amide bonds. The smallest absolute Gasteiger partial charge is 0.413 e. The zero-order valence-corrected chi connectivity index (χ0v) is 20.6. The van der Waals surface area contributed by atoms with Crippen molar-refractivity contribution in [3.8, 4) is 5.75 Å². The molecular formula is C22H23Cl2F2N3O3S. The highest BCUT2D eigenvalue weighted by Gasteiger charge is 2.21. The Morgan fingerprint density at radius 2 is 1.94 bits per heavy atom. The number of carbonyl (C=O) groups is 1. The first-order valence-corrected chi connectivity index (χ1v) is 11.9. The predicted molar refractivity (Wildman–Crippen MR) is 128 cm³/mol. The van der Waals surface area contributed by atoms with Crippen molar-refractivity contribution in [1.82, 2.24) is 9.88 Å². The molecular weight excluding hydrogens is 495 g/mol. The van der Waals surface area contributed by atoms with E-state index in [0.717, 1.165) is 30.5 Å². The summed E-state index contributed by atoms with van der Waals surface area (Å²) in [5, 5.41) is 2.85. The van der Waals surface area contributed by atoms with Crippen molar-refractivity contribution >= 4 is 56.0 Å². The second-order valence-corrected chi connectivity index (χ2v) is 8.89. The highest BCUT2D eigenvalue weighted by molar-refractivity contribution is 7.22. The number of likely N-dealkylation sites (N-methyl/N-ethyl adjacent to an activating group) is 1. The summed E-state index contributed by atoms with van der Waals surface area (Å²) in [7, 11) is 0. The molecule has 1 heterocycles. The van der Waals surface area contributed by atoms with Gasteiger partial charge in [0, 0.05) is 29.3 Å². The lowest BCUT2D eigenvalue weighted by Gasteiger charge is -2.18. The van der Waals surface area contributed by atoms with Crippen LogP contribution >= 0.6 is 34.5 Å². The number of carbonyl (C=O) groups excluding carboxylic acids is 1. The average Bonchev–Trinajstić information content (AvgIpc) is 3.15. The van der Waals surface area contributed by atoms with E-state index in [1.54, 1.807) is 6.92 Å². The topological polar surface area (TPSA) is 63.7 Å². The number of nitrogens with zero attached hydrogens (tertiary/aromatic N) is 2. The van der Waals surface area contributed by atoms with Gasteiger partial charge in [0.25, 0.3) is 0 Å². The third-order valence-corrected chi connectivity index (χ3v) is 6.62. The molecule has 0 saturated heterocycles. The molecule has 0 radical (unpaired) electrons. The molecule has 1 N–H and O–H groups in total. The zero-order chi connectivity index (χ0) is 24.1. The van der Waals surface area contributed by atoms with Crippen molar-refractivity contribution < 1.29 is 23.0 Å². The summed E-state index contributed by atoms with van der Waals surface area (Å²) in [4.78, 5) is 18.4. The molecule has 0 saturated carbocycles. The van der Waals surface area contributed by atoms with Gasteiger partial charge in [-0.1, -0.05) is 48.4 Å². The number of benzene rings is 2. The molecule has 0 bridgehead atoms. The zero-order valence-electron chi connectivity index (χ0n) is 18.3. The Hall–Kier alpha value is -2.20. The molecule has 1 atom stereocenters. The molecule has 0 spiro atoms. The number of hydrogen-bond acceptors (Lipinski definition) is 6. The third-order valence-electron chi connectivity index (χ3n) is 4.98. The maximum absolute atomic E-state index is 14.6. The van der Waals surface area contributed by atoms with Gasteiger partial charge in [-0.3, -0.25) is 5.32 Å².